The molecule has 0 aromatic carbocycles. The van der Waals surface area contributed by atoms with Crippen molar-refractivity contribution in [1.82, 2.24) is 0 Å². The third-order valence-corrected chi connectivity index (χ3v) is 13.2. The molecule has 1 atom stereocenters. The van der Waals surface area contributed by atoms with Crippen LogP contribution in [0.5, 0.6) is 0 Å². The number of carbonyl (C=O) groups excluding carboxylic acids is 2. The van der Waals surface area contributed by atoms with Gasteiger partial charge in [0.2, 0.25) is 0 Å². The van der Waals surface area contributed by atoms with Crippen LogP contribution in [-0.4, -0.2) is 36.4 Å². The smallest absolute Gasteiger partial charge is 0.306 e. The fourth-order valence-corrected chi connectivity index (χ4v) is 8.80. The summed E-state index contributed by atoms with van der Waals surface area (Å²) in [6, 6.07) is 0. The van der Waals surface area contributed by atoms with Crippen molar-refractivity contribution >= 4 is 11.9 Å². The number of carbonyl (C=O) groups is 2. The van der Waals surface area contributed by atoms with Crippen molar-refractivity contribution in [2.75, 3.05) is 13.2 Å². The molecule has 0 aromatic rings. The zero-order chi connectivity index (χ0) is 47.0. The number of hydrogen-bond acceptors (Lipinski definition) is 5. The standard InChI is InChI=1S/C60H112O5/c1-3-5-7-9-11-13-15-16-17-18-19-20-21-22-23-24-25-26-27-28-29-30-31-32-33-34-35-36-37-38-39-40-41-42-43-44-45-47-49-51-53-55-60(63)65-58(56-61)57-64-59(62)54-52-50-48-46-14-12-10-8-6-4-2/h15-16,18-19,21-22,58,61H,3-14,17,20,23-57H2,1-2H3/b16-15-,19-18-,22-21-. The van der Waals surface area contributed by atoms with E-state index in [9.17, 15) is 14.7 Å². The summed E-state index contributed by atoms with van der Waals surface area (Å²) >= 11 is 0. The van der Waals surface area contributed by atoms with Crippen LogP contribution < -0.4 is 0 Å². The largest absolute Gasteiger partial charge is 0.462 e. The maximum Gasteiger partial charge on any atom is 0.306 e. The lowest BCUT2D eigenvalue weighted by atomic mass is 10.0. The summed E-state index contributed by atoms with van der Waals surface area (Å²) in [4.78, 5) is 24.3. The molecule has 0 spiro atoms. The molecule has 0 aliphatic carbocycles. The molecule has 0 heterocycles. The van der Waals surface area contributed by atoms with Gasteiger partial charge in [-0.2, -0.15) is 0 Å². The van der Waals surface area contributed by atoms with Gasteiger partial charge in [-0.25, -0.2) is 0 Å². The van der Waals surface area contributed by atoms with E-state index in [4.69, 9.17) is 9.47 Å². The highest BCUT2D eigenvalue weighted by molar-refractivity contribution is 5.70. The van der Waals surface area contributed by atoms with Crippen molar-refractivity contribution in [1.29, 1.82) is 0 Å². The van der Waals surface area contributed by atoms with Gasteiger partial charge in [0.25, 0.3) is 0 Å². The molecule has 0 saturated carbocycles. The second kappa shape index (κ2) is 56.4. The zero-order valence-electron chi connectivity index (χ0n) is 43.8. The highest BCUT2D eigenvalue weighted by atomic mass is 16.6. The summed E-state index contributed by atoms with van der Waals surface area (Å²) in [5.74, 6) is -0.576. The van der Waals surface area contributed by atoms with Gasteiger partial charge < -0.3 is 14.6 Å². The maximum absolute atomic E-state index is 12.2. The molecule has 0 saturated heterocycles. The normalized spacial score (nSPS) is 12.4. The Balaban J connectivity index is 3.34. The van der Waals surface area contributed by atoms with Gasteiger partial charge in [0.1, 0.15) is 6.61 Å². The van der Waals surface area contributed by atoms with E-state index >= 15 is 0 Å². The molecule has 1 unspecified atom stereocenters. The first-order chi connectivity index (χ1) is 32.1. The van der Waals surface area contributed by atoms with E-state index in [1.807, 2.05) is 0 Å². The second-order valence-corrected chi connectivity index (χ2v) is 19.7. The van der Waals surface area contributed by atoms with E-state index in [1.165, 1.54) is 238 Å². The van der Waals surface area contributed by atoms with Crippen LogP contribution in [-0.2, 0) is 19.1 Å². The number of allylic oxidation sites excluding steroid dienone is 6. The van der Waals surface area contributed by atoms with Crippen LogP contribution in [0.25, 0.3) is 0 Å². The van der Waals surface area contributed by atoms with Gasteiger partial charge in [-0.05, 0) is 51.4 Å². The van der Waals surface area contributed by atoms with Crippen molar-refractivity contribution in [3.63, 3.8) is 0 Å². The SMILES string of the molecule is CCCCCCC/C=C\C/C=C\C/C=C\CCCCCCCCCCCCCCCCCCCCCCCCCCCCC(=O)OC(CO)COC(=O)CCCCCCCCCCCC. The first kappa shape index (κ1) is 63.1. The monoisotopic (exact) mass is 913 g/mol. The molecular weight excluding hydrogens is 801 g/mol. The third-order valence-electron chi connectivity index (χ3n) is 13.2. The van der Waals surface area contributed by atoms with Crippen molar-refractivity contribution in [2.24, 2.45) is 0 Å². The van der Waals surface area contributed by atoms with Gasteiger partial charge in [-0.3, -0.25) is 9.59 Å². The predicted molar refractivity (Wildman–Crippen MR) is 284 cm³/mol. The van der Waals surface area contributed by atoms with E-state index in [1.54, 1.807) is 0 Å². The van der Waals surface area contributed by atoms with Crippen molar-refractivity contribution in [3.05, 3.63) is 36.5 Å². The lowest BCUT2D eigenvalue weighted by Gasteiger charge is -2.15. The third kappa shape index (κ3) is 54.6. The molecule has 0 radical (unpaired) electrons. The molecule has 0 fully saturated rings. The molecule has 5 heteroatoms. The minimum Gasteiger partial charge on any atom is -0.462 e. The van der Waals surface area contributed by atoms with Crippen molar-refractivity contribution < 1.29 is 24.2 Å². The van der Waals surface area contributed by atoms with Crippen LogP contribution in [0.2, 0.25) is 0 Å². The molecule has 0 aliphatic rings. The molecule has 65 heavy (non-hydrogen) atoms. The van der Waals surface area contributed by atoms with Crippen LogP contribution >= 0.6 is 0 Å². The lowest BCUT2D eigenvalue weighted by Crippen LogP contribution is -2.28. The van der Waals surface area contributed by atoms with Gasteiger partial charge in [-0.15, -0.1) is 0 Å². The van der Waals surface area contributed by atoms with Crippen LogP contribution in [0.3, 0.4) is 0 Å². The fourth-order valence-electron chi connectivity index (χ4n) is 8.80. The summed E-state index contributed by atoms with van der Waals surface area (Å²) in [6.45, 7) is 4.14. The van der Waals surface area contributed by atoms with Crippen LogP contribution in [0, 0.1) is 0 Å². The molecule has 5 nitrogen and oxygen atoms in total. The summed E-state index contributed by atoms with van der Waals surface area (Å²) in [5.41, 5.74) is 0. The molecule has 0 aliphatic heterocycles. The second-order valence-electron chi connectivity index (χ2n) is 19.7. The number of aliphatic hydroxyl groups excluding tert-OH is 1. The Hall–Kier alpha value is -1.88. The first-order valence-electron chi connectivity index (χ1n) is 29.0. The number of unbranched alkanes of at least 4 members (excludes halogenated alkanes) is 40. The molecule has 382 valence electrons. The number of hydrogen-bond donors (Lipinski definition) is 1. The highest BCUT2D eigenvalue weighted by Gasteiger charge is 2.16. The minimum absolute atomic E-state index is 0.0592. The maximum atomic E-state index is 12.2. The van der Waals surface area contributed by atoms with Crippen LogP contribution in [0.15, 0.2) is 36.5 Å². The number of esters is 2. The summed E-state index contributed by atoms with van der Waals surface area (Å²) in [5, 5.41) is 9.59. The lowest BCUT2D eigenvalue weighted by molar-refractivity contribution is -0.161. The van der Waals surface area contributed by atoms with Gasteiger partial charge in [-0.1, -0.05) is 288 Å². The summed E-state index contributed by atoms with van der Waals surface area (Å²) in [6.07, 6.45) is 73.0. The van der Waals surface area contributed by atoms with E-state index < -0.39 is 6.10 Å². The van der Waals surface area contributed by atoms with E-state index in [0.717, 1.165) is 51.4 Å². The molecular formula is C60H112O5. The Morgan fingerprint density at radius 2 is 0.615 bits per heavy atom. The van der Waals surface area contributed by atoms with Crippen LogP contribution in [0.1, 0.15) is 316 Å². The molecule has 0 amide bonds. The molecule has 0 rings (SSSR count). The number of ether oxygens (including phenoxy) is 2. The Labute approximate surface area is 406 Å². The van der Waals surface area contributed by atoms with Crippen molar-refractivity contribution in [2.45, 2.75) is 322 Å². The van der Waals surface area contributed by atoms with E-state index in [0.29, 0.717) is 12.8 Å². The zero-order valence-corrected chi connectivity index (χ0v) is 43.8. The van der Waals surface area contributed by atoms with Gasteiger partial charge >= 0.3 is 11.9 Å². The Bertz CT molecular complexity index is 1030. The Kier molecular flexibility index (Phi) is 54.8. The van der Waals surface area contributed by atoms with Gasteiger partial charge in [0, 0.05) is 12.8 Å². The molecule has 0 bridgehead atoms. The van der Waals surface area contributed by atoms with Gasteiger partial charge in [0.05, 0.1) is 6.61 Å². The summed E-state index contributed by atoms with van der Waals surface area (Å²) < 4.78 is 10.6. The Morgan fingerprint density at radius 3 is 0.923 bits per heavy atom. The number of rotatable bonds is 54. The van der Waals surface area contributed by atoms with Gasteiger partial charge in [0.15, 0.2) is 6.10 Å². The molecule has 0 aromatic heterocycles. The quantitative estimate of drug-likeness (QED) is 0.0374. The average molecular weight is 914 g/mol. The van der Waals surface area contributed by atoms with Crippen LogP contribution in [0.4, 0.5) is 0 Å². The Morgan fingerprint density at radius 1 is 0.354 bits per heavy atom. The first-order valence-corrected chi connectivity index (χ1v) is 29.0. The molecule has 1 N–H and O–H groups in total. The van der Waals surface area contributed by atoms with E-state index in [-0.39, 0.29) is 25.2 Å². The predicted octanol–water partition coefficient (Wildman–Crippen LogP) is 19.5. The average Bonchev–Trinajstić information content (AvgIpc) is 3.31. The van der Waals surface area contributed by atoms with E-state index in [2.05, 4.69) is 50.3 Å². The highest BCUT2D eigenvalue weighted by Crippen LogP contribution is 2.17. The number of aliphatic hydroxyl groups is 1. The minimum atomic E-state index is -0.765. The van der Waals surface area contributed by atoms with Crippen molar-refractivity contribution in [3.8, 4) is 0 Å². The fraction of sp³-hybridized carbons (Fsp3) is 0.867. The summed E-state index contributed by atoms with van der Waals surface area (Å²) in [7, 11) is 0. The topological polar surface area (TPSA) is 72.8 Å².